The summed E-state index contributed by atoms with van der Waals surface area (Å²) in [6, 6.07) is 11.1. The zero-order valence-electron chi connectivity index (χ0n) is 13.3. The number of aryl methyl sites for hydroxylation is 3. The predicted octanol–water partition coefficient (Wildman–Crippen LogP) is 3.10. The van der Waals surface area contributed by atoms with Gasteiger partial charge in [-0.3, -0.25) is 0 Å². The average molecular weight is 319 g/mol. The molecule has 0 amide bonds. The van der Waals surface area contributed by atoms with Crippen LogP contribution < -0.4 is 9.46 Å². The van der Waals surface area contributed by atoms with Crippen molar-refractivity contribution in [2.24, 2.45) is 0 Å². The summed E-state index contributed by atoms with van der Waals surface area (Å²) in [6.45, 7) is 5.85. The fourth-order valence-corrected chi connectivity index (χ4v) is 4.05. The van der Waals surface area contributed by atoms with E-state index in [2.05, 4.69) is 4.72 Å². The van der Waals surface area contributed by atoms with E-state index in [0.717, 1.165) is 28.0 Å². The maximum Gasteiger partial charge on any atom is 0.241 e. The highest BCUT2D eigenvalue weighted by Gasteiger charge is 2.19. The predicted molar refractivity (Wildman–Crippen MR) is 87.7 cm³/mol. The van der Waals surface area contributed by atoms with Crippen molar-refractivity contribution in [3.05, 3.63) is 58.7 Å². The van der Waals surface area contributed by atoms with Crippen molar-refractivity contribution in [3.63, 3.8) is 0 Å². The molecule has 0 unspecified atom stereocenters. The Labute approximate surface area is 132 Å². The molecule has 5 heteroatoms. The van der Waals surface area contributed by atoms with Crippen LogP contribution in [0.5, 0.6) is 5.75 Å². The average Bonchev–Trinajstić information content (AvgIpc) is 2.44. The van der Waals surface area contributed by atoms with Gasteiger partial charge in [0.1, 0.15) is 5.75 Å². The van der Waals surface area contributed by atoms with E-state index in [0.29, 0.717) is 4.90 Å². The Kier molecular flexibility index (Phi) is 4.88. The Morgan fingerprint density at radius 3 is 2.05 bits per heavy atom. The molecule has 0 spiro atoms. The topological polar surface area (TPSA) is 55.4 Å². The lowest BCUT2D eigenvalue weighted by Gasteiger charge is -2.13. The lowest BCUT2D eigenvalue weighted by Crippen LogP contribution is -2.25. The number of nitrogens with one attached hydrogen (secondary N) is 1. The van der Waals surface area contributed by atoms with E-state index < -0.39 is 10.0 Å². The van der Waals surface area contributed by atoms with Crippen molar-refractivity contribution in [2.75, 3.05) is 7.11 Å². The number of sulfonamides is 1. The van der Waals surface area contributed by atoms with Gasteiger partial charge in [-0.05, 0) is 49.6 Å². The fourth-order valence-electron chi connectivity index (χ4n) is 2.58. The Hall–Kier alpha value is -1.85. The van der Waals surface area contributed by atoms with Gasteiger partial charge in [0.25, 0.3) is 0 Å². The molecular weight excluding hydrogens is 298 g/mol. The number of methoxy groups -OCH3 is 1. The minimum atomic E-state index is -3.53. The van der Waals surface area contributed by atoms with Crippen LogP contribution in [0, 0.1) is 20.8 Å². The third-order valence-corrected chi connectivity index (χ3v) is 5.20. The van der Waals surface area contributed by atoms with E-state index in [1.165, 1.54) is 0 Å². The maximum atomic E-state index is 12.5. The van der Waals surface area contributed by atoms with E-state index in [4.69, 9.17) is 4.74 Å². The number of hydrogen-bond donors (Lipinski definition) is 1. The van der Waals surface area contributed by atoms with Gasteiger partial charge in [0.2, 0.25) is 10.0 Å². The molecule has 0 aliphatic carbocycles. The molecule has 1 N–H and O–H groups in total. The number of benzene rings is 2. The van der Waals surface area contributed by atoms with Crippen molar-refractivity contribution >= 4 is 10.0 Å². The van der Waals surface area contributed by atoms with Crippen LogP contribution in [0.1, 0.15) is 22.3 Å². The smallest absolute Gasteiger partial charge is 0.241 e. The Bertz CT molecular complexity index is 742. The first kappa shape index (κ1) is 16.5. The largest absolute Gasteiger partial charge is 0.497 e. The van der Waals surface area contributed by atoms with Gasteiger partial charge >= 0.3 is 0 Å². The zero-order valence-corrected chi connectivity index (χ0v) is 14.1. The van der Waals surface area contributed by atoms with Gasteiger partial charge in [0.15, 0.2) is 0 Å². The van der Waals surface area contributed by atoms with Crippen LogP contribution in [0.4, 0.5) is 0 Å². The number of ether oxygens (including phenoxy) is 1. The fraction of sp³-hybridized carbons (Fsp3) is 0.294. The van der Waals surface area contributed by atoms with Crippen LogP contribution in [0.25, 0.3) is 0 Å². The second-order valence-corrected chi connectivity index (χ2v) is 7.10. The maximum absolute atomic E-state index is 12.5. The quantitative estimate of drug-likeness (QED) is 0.921. The van der Waals surface area contributed by atoms with E-state index in [1.807, 2.05) is 57.2 Å². The third kappa shape index (κ3) is 3.67. The first-order valence-corrected chi connectivity index (χ1v) is 8.52. The van der Waals surface area contributed by atoms with Gasteiger partial charge in [-0.25, -0.2) is 13.1 Å². The number of hydrogen-bond acceptors (Lipinski definition) is 3. The molecule has 0 saturated heterocycles. The normalized spacial score (nSPS) is 11.5. The minimum absolute atomic E-state index is 0.249. The molecule has 0 aliphatic rings. The molecule has 2 rings (SSSR count). The van der Waals surface area contributed by atoms with E-state index in [9.17, 15) is 8.42 Å². The van der Waals surface area contributed by atoms with Gasteiger partial charge in [-0.2, -0.15) is 0 Å². The molecular formula is C17H21NO3S. The number of rotatable bonds is 5. The summed E-state index contributed by atoms with van der Waals surface area (Å²) in [6.07, 6.45) is 0. The highest BCUT2D eigenvalue weighted by Crippen LogP contribution is 2.22. The molecule has 0 radical (unpaired) electrons. The van der Waals surface area contributed by atoms with Crippen LogP contribution in [-0.2, 0) is 16.6 Å². The lowest BCUT2D eigenvalue weighted by molar-refractivity contribution is 0.414. The second-order valence-electron chi connectivity index (χ2n) is 5.40. The minimum Gasteiger partial charge on any atom is -0.497 e. The van der Waals surface area contributed by atoms with Crippen LogP contribution in [-0.4, -0.2) is 15.5 Å². The molecule has 0 bridgehead atoms. The molecule has 0 aliphatic heterocycles. The Balaban J connectivity index is 2.21. The van der Waals surface area contributed by atoms with Gasteiger partial charge in [-0.15, -0.1) is 0 Å². The first-order valence-electron chi connectivity index (χ1n) is 7.04. The Morgan fingerprint density at radius 2 is 1.55 bits per heavy atom. The summed E-state index contributed by atoms with van der Waals surface area (Å²) in [5.41, 5.74) is 3.47. The first-order chi connectivity index (χ1) is 10.3. The summed E-state index contributed by atoms with van der Waals surface area (Å²) < 4.78 is 32.8. The summed E-state index contributed by atoms with van der Waals surface area (Å²) >= 11 is 0. The van der Waals surface area contributed by atoms with Crippen molar-refractivity contribution in [1.29, 1.82) is 0 Å². The van der Waals surface area contributed by atoms with E-state index in [1.54, 1.807) is 7.11 Å². The molecule has 0 heterocycles. The third-order valence-electron chi connectivity index (χ3n) is 3.50. The monoisotopic (exact) mass is 319 g/mol. The van der Waals surface area contributed by atoms with Crippen LogP contribution in [0.3, 0.4) is 0 Å². The molecule has 0 fully saturated rings. The summed E-state index contributed by atoms with van der Waals surface area (Å²) in [7, 11) is -1.94. The van der Waals surface area contributed by atoms with E-state index >= 15 is 0 Å². The molecule has 22 heavy (non-hydrogen) atoms. The van der Waals surface area contributed by atoms with Gasteiger partial charge in [-0.1, -0.05) is 29.8 Å². The molecule has 2 aromatic carbocycles. The van der Waals surface area contributed by atoms with Crippen molar-refractivity contribution in [3.8, 4) is 5.75 Å². The summed E-state index contributed by atoms with van der Waals surface area (Å²) in [5, 5.41) is 0. The van der Waals surface area contributed by atoms with Crippen LogP contribution >= 0.6 is 0 Å². The van der Waals surface area contributed by atoms with Crippen molar-refractivity contribution < 1.29 is 13.2 Å². The molecule has 0 atom stereocenters. The highest BCUT2D eigenvalue weighted by atomic mass is 32.2. The van der Waals surface area contributed by atoms with Crippen LogP contribution in [0.2, 0.25) is 0 Å². The second kappa shape index (κ2) is 6.50. The van der Waals surface area contributed by atoms with Gasteiger partial charge in [0, 0.05) is 6.54 Å². The Morgan fingerprint density at radius 1 is 1.00 bits per heavy atom. The molecule has 0 aromatic heterocycles. The zero-order chi connectivity index (χ0) is 16.3. The van der Waals surface area contributed by atoms with Gasteiger partial charge < -0.3 is 4.74 Å². The molecule has 4 nitrogen and oxygen atoms in total. The van der Waals surface area contributed by atoms with Crippen molar-refractivity contribution in [1.82, 2.24) is 4.72 Å². The van der Waals surface area contributed by atoms with Crippen LogP contribution in [0.15, 0.2) is 41.3 Å². The molecule has 0 saturated carbocycles. The lowest BCUT2D eigenvalue weighted by atomic mass is 10.1. The standard InChI is InChI=1S/C17H21NO3S/c1-12-9-13(2)17(14(3)10-12)22(19,20)18-11-15-5-7-16(21-4)8-6-15/h5-10,18H,11H2,1-4H3. The van der Waals surface area contributed by atoms with E-state index in [-0.39, 0.29) is 6.54 Å². The SMILES string of the molecule is COc1ccc(CNS(=O)(=O)c2c(C)cc(C)cc2C)cc1. The van der Waals surface area contributed by atoms with Crippen molar-refractivity contribution in [2.45, 2.75) is 32.2 Å². The molecule has 2 aromatic rings. The summed E-state index contributed by atoms with van der Waals surface area (Å²) in [5.74, 6) is 0.747. The van der Waals surface area contributed by atoms with Gasteiger partial charge in [0.05, 0.1) is 12.0 Å². The summed E-state index contributed by atoms with van der Waals surface area (Å²) in [4.78, 5) is 0.367. The molecule has 118 valence electrons. The highest BCUT2D eigenvalue weighted by molar-refractivity contribution is 7.89.